The molecule has 2 aliphatic carbocycles. The molecule has 2 aromatic rings. The third-order valence-corrected chi connectivity index (χ3v) is 11.1. The zero-order valence-electron chi connectivity index (χ0n) is 21.6. The SMILES string of the molecule is O=C(Nc1cccc(S(=O)(=O)C2CCCC2)c1)c1ccc(NC2(CO)COC2)nc1N1CCC2(CC1)CC2. The summed E-state index contributed by atoms with van der Waals surface area (Å²) in [6.45, 7) is 2.39. The lowest BCUT2D eigenvalue weighted by Gasteiger charge is -2.41. The number of rotatable bonds is 8. The van der Waals surface area contributed by atoms with Crippen LogP contribution in [0.5, 0.6) is 0 Å². The van der Waals surface area contributed by atoms with Gasteiger partial charge in [0.05, 0.1) is 35.5 Å². The maximum atomic E-state index is 13.5. The second-order valence-electron chi connectivity index (χ2n) is 11.5. The predicted molar refractivity (Wildman–Crippen MR) is 145 cm³/mol. The monoisotopic (exact) mass is 540 g/mol. The van der Waals surface area contributed by atoms with Crippen LogP contribution in [0, 0.1) is 5.41 Å². The number of nitrogens with one attached hydrogen (secondary N) is 2. The summed E-state index contributed by atoms with van der Waals surface area (Å²) in [7, 11) is -3.43. The molecule has 4 aliphatic rings. The number of sulfone groups is 1. The van der Waals surface area contributed by atoms with Crippen LogP contribution in [0.2, 0.25) is 0 Å². The summed E-state index contributed by atoms with van der Waals surface area (Å²) < 4.78 is 31.5. The van der Waals surface area contributed by atoms with Gasteiger partial charge in [0.2, 0.25) is 0 Å². The minimum atomic E-state index is -3.43. The number of carbonyl (C=O) groups excluding carboxylic acids is 1. The Balaban J connectivity index is 1.25. The Morgan fingerprint density at radius 3 is 2.45 bits per heavy atom. The fourth-order valence-electron chi connectivity index (χ4n) is 5.97. The Kier molecular flexibility index (Phi) is 6.60. The van der Waals surface area contributed by atoms with Crippen molar-refractivity contribution in [3.63, 3.8) is 0 Å². The van der Waals surface area contributed by atoms with Gasteiger partial charge in [-0.1, -0.05) is 18.9 Å². The van der Waals surface area contributed by atoms with Crippen molar-refractivity contribution < 1.29 is 23.1 Å². The highest BCUT2D eigenvalue weighted by molar-refractivity contribution is 7.92. The Labute approximate surface area is 223 Å². The number of ether oxygens (including phenoxy) is 1. The van der Waals surface area contributed by atoms with E-state index in [-0.39, 0.29) is 22.7 Å². The Morgan fingerprint density at radius 1 is 1.08 bits per heavy atom. The number of anilines is 3. The van der Waals surface area contributed by atoms with Gasteiger partial charge >= 0.3 is 0 Å². The van der Waals surface area contributed by atoms with Crippen LogP contribution in [-0.4, -0.2) is 68.1 Å². The van der Waals surface area contributed by atoms with Crippen LogP contribution in [0.25, 0.3) is 0 Å². The first kappa shape index (κ1) is 25.6. The van der Waals surface area contributed by atoms with Gasteiger partial charge in [0.25, 0.3) is 5.91 Å². The molecule has 3 heterocycles. The van der Waals surface area contributed by atoms with Gasteiger partial charge in [0, 0.05) is 18.8 Å². The quantitative estimate of drug-likeness (QED) is 0.465. The molecule has 9 nitrogen and oxygen atoms in total. The number of benzene rings is 1. The number of nitrogens with zero attached hydrogens (tertiary/aromatic N) is 2. The average Bonchev–Trinajstić information content (AvgIpc) is 3.41. The van der Waals surface area contributed by atoms with Gasteiger partial charge in [-0.3, -0.25) is 4.79 Å². The minimum absolute atomic E-state index is 0.0708. The first-order valence-electron chi connectivity index (χ1n) is 13.7. The van der Waals surface area contributed by atoms with E-state index >= 15 is 0 Å². The van der Waals surface area contributed by atoms with E-state index in [0.717, 1.165) is 38.8 Å². The number of hydrogen-bond acceptors (Lipinski definition) is 8. The average molecular weight is 541 g/mol. The lowest BCUT2D eigenvalue weighted by Crippen LogP contribution is -2.58. The van der Waals surface area contributed by atoms with Gasteiger partial charge < -0.3 is 25.4 Å². The molecule has 0 unspecified atom stereocenters. The van der Waals surface area contributed by atoms with Crippen LogP contribution in [-0.2, 0) is 14.6 Å². The van der Waals surface area contributed by atoms with E-state index in [9.17, 15) is 18.3 Å². The van der Waals surface area contributed by atoms with Crippen LogP contribution in [0.3, 0.4) is 0 Å². The molecule has 1 aromatic heterocycles. The summed E-state index contributed by atoms with van der Waals surface area (Å²) in [6.07, 6.45) is 7.98. The Bertz CT molecular complexity index is 1300. The molecule has 1 amide bonds. The second-order valence-corrected chi connectivity index (χ2v) is 13.8. The van der Waals surface area contributed by atoms with Gasteiger partial charge in [-0.05, 0) is 74.3 Å². The van der Waals surface area contributed by atoms with Crippen LogP contribution < -0.4 is 15.5 Å². The second kappa shape index (κ2) is 9.81. The Hall–Kier alpha value is -2.69. The van der Waals surface area contributed by atoms with E-state index in [4.69, 9.17) is 9.72 Å². The third-order valence-electron chi connectivity index (χ3n) is 8.81. The number of hydrogen-bond donors (Lipinski definition) is 3. The smallest absolute Gasteiger partial charge is 0.259 e. The Morgan fingerprint density at radius 2 is 1.82 bits per heavy atom. The maximum absolute atomic E-state index is 13.5. The topological polar surface area (TPSA) is 121 Å². The summed E-state index contributed by atoms with van der Waals surface area (Å²) in [5, 5.41) is 15.7. The van der Waals surface area contributed by atoms with Gasteiger partial charge in [0.1, 0.15) is 17.2 Å². The van der Waals surface area contributed by atoms with Crippen LogP contribution in [0.15, 0.2) is 41.3 Å². The summed E-state index contributed by atoms with van der Waals surface area (Å²) in [5.74, 6) is 0.862. The van der Waals surface area contributed by atoms with Crippen molar-refractivity contribution in [1.82, 2.24) is 4.98 Å². The zero-order valence-corrected chi connectivity index (χ0v) is 22.4. The standard InChI is InChI=1S/C28H36N4O5S/c33-17-28(18-37-19-28)31-24-9-8-23(25(30-24)32-14-12-27(10-11-27)13-15-32)26(34)29-20-4-3-7-22(16-20)38(35,36)21-5-1-2-6-21/h3-4,7-9,16,21,33H,1-2,5-6,10-15,17-19H2,(H,29,34)(H,30,31). The van der Waals surface area contributed by atoms with Crippen LogP contribution in [0.4, 0.5) is 17.3 Å². The molecule has 0 bridgehead atoms. The molecule has 6 rings (SSSR count). The molecular formula is C28H36N4O5S. The number of carbonyl (C=O) groups is 1. The summed E-state index contributed by atoms with van der Waals surface area (Å²) in [4.78, 5) is 20.8. The van der Waals surface area contributed by atoms with Crippen molar-refractivity contribution in [2.75, 3.05) is 48.4 Å². The first-order chi connectivity index (χ1) is 18.3. The van der Waals surface area contributed by atoms with Gasteiger partial charge in [-0.25, -0.2) is 13.4 Å². The summed E-state index contributed by atoms with van der Waals surface area (Å²) in [6, 6.07) is 10.1. The van der Waals surface area contributed by atoms with E-state index in [1.54, 1.807) is 36.4 Å². The highest BCUT2D eigenvalue weighted by Gasteiger charge is 2.45. The molecule has 1 aromatic carbocycles. The molecule has 204 valence electrons. The number of aromatic nitrogens is 1. The minimum Gasteiger partial charge on any atom is -0.394 e. The van der Waals surface area contributed by atoms with E-state index in [1.165, 1.54) is 12.8 Å². The molecule has 0 atom stereocenters. The van der Waals surface area contributed by atoms with Gasteiger partial charge in [-0.15, -0.1) is 0 Å². The van der Waals surface area contributed by atoms with Crippen molar-refractivity contribution in [1.29, 1.82) is 0 Å². The summed E-state index contributed by atoms with van der Waals surface area (Å²) >= 11 is 0. The van der Waals surface area contributed by atoms with Gasteiger partial charge in [0.15, 0.2) is 9.84 Å². The highest BCUT2D eigenvalue weighted by atomic mass is 32.2. The number of amides is 1. The molecule has 1 spiro atoms. The van der Waals surface area contributed by atoms with Crippen molar-refractivity contribution in [3.8, 4) is 0 Å². The van der Waals surface area contributed by atoms with E-state index < -0.39 is 15.4 Å². The normalized spacial score (nSPS) is 22.2. The van der Waals surface area contributed by atoms with Crippen molar-refractivity contribution in [3.05, 3.63) is 42.0 Å². The van der Waals surface area contributed by atoms with Gasteiger partial charge in [-0.2, -0.15) is 0 Å². The molecule has 2 saturated heterocycles. The fraction of sp³-hybridized carbons (Fsp3) is 0.571. The zero-order chi connectivity index (χ0) is 26.4. The predicted octanol–water partition coefficient (Wildman–Crippen LogP) is 3.60. The number of aliphatic hydroxyl groups is 1. The molecule has 0 radical (unpaired) electrons. The molecular weight excluding hydrogens is 504 g/mol. The lowest BCUT2D eigenvalue weighted by atomic mass is 9.93. The number of piperidine rings is 1. The van der Waals surface area contributed by atoms with Crippen LogP contribution >= 0.6 is 0 Å². The fourth-order valence-corrected chi connectivity index (χ4v) is 7.87. The molecule has 2 saturated carbocycles. The highest BCUT2D eigenvalue weighted by Crippen LogP contribution is 2.54. The largest absolute Gasteiger partial charge is 0.394 e. The first-order valence-corrected chi connectivity index (χ1v) is 15.2. The van der Waals surface area contributed by atoms with E-state index in [1.807, 2.05) is 0 Å². The van der Waals surface area contributed by atoms with E-state index in [2.05, 4.69) is 15.5 Å². The molecule has 3 N–H and O–H groups in total. The number of aliphatic hydroxyl groups excluding tert-OH is 1. The molecule has 38 heavy (non-hydrogen) atoms. The third kappa shape index (κ3) is 4.89. The summed E-state index contributed by atoms with van der Waals surface area (Å²) in [5.41, 5.74) is 0.807. The molecule has 4 fully saturated rings. The van der Waals surface area contributed by atoms with E-state index in [0.29, 0.717) is 54.4 Å². The molecule has 10 heteroatoms. The lowest BCUT2D eigenvalue weighted by molar-refractivity contribution is -0.0651. The van der Waals surface area contributed by atoms with Crippen molar-refractivity contribution >= 4 is 33.1 Å². The maximum Gasteiger partial charge on any atom is 0.259 e. The van der Waals surface area contributed by atoms with Crippen LogP contribution in [0.1, 0.15) is 61.7 Å². The van der Waals surface area contributed by atoms with Crippen molar-refractivity contribution in [2.24, 2.45) is 5.41 Å². The number of pyridine rings is 1. The molecule has 2 aliphatic heterocycles. The van der Waals surface area contributed by atoms with Crippen molar-refractivity contribution in [2.45, 2.75) is 67.1 Å².